The van der Waals surface area contributed by atoms with Gasteiger partial charge in [0.05, 0.1) is 5.25 Å². The summed E-state index contributed by atoms with van der Waals surface area (Å²) in [4.78, 5) is 0. The Bertz CT molecular complexity index is 309. The Balaban J connectivity index is 2.10. The van der Waals surface area contributed by atoms with E-state index in [-0.39, 0.29) is 11.3 Å². The van der Waals surface area contributed by atoms with E-state index >= 15 is 0 Å². The highest BCUT2D eigenvalue weighted by atomic mass is 32.2. The van der Waals surface area contributed by atoms with E-state index in [2.05, 4.69) is 5.32 Å². The first-order valence-electron chi connectivity index (χ1n) is 5.84. The normalized spacial score (nSPS) is 34.5. The molecule has 88 valence electrons. The number of piperidine rings is 1. The molecule has 2 aliphatic heterocycles. The van der Waals surface area contributed by atoms with Crippen molar-refractivity contribution in [2.24, 2.45) is 0 Å². The lowest BCUT2D eigenvalue weighted by molar-refractivity contribution is 0.387. The minimum atomic E-state index is -3.04. The minimum Gasteiger partial charge on any atom is -0.315 e. The van der Waals surface area contributed by atoms with E-state index in [1.807, 2.05) is 6.92 Å². The van der Waals surface area contributed by atoms with E-state index in [0.29, 0.717) is 6.54 Å². The monoisotopic (exact) mass is 232 g/mol. The van der Waals surface area contributed by atoms with E-state index < -0.39 is 10.0 Å². The molecule has 15 heavy (non-hydrogen) atoms. The lowest BCUT2D eigenvalue weighted by atomic mass is 10.2. The van der Waals surface area contributed by atoms with Gasteiger partial charge in [-0.2, -0.15) is 4.31 Å². The van der Waals surface area contributed by atoms with Crippen LogP contribution in [0.25, 0.3) is 0 Å². The van der Waals surface area contributed by atoms with Crippen LogP contribution < -0.4 is 5.32 Å². The number of hydrogen-bond acceptors (Lipinski definition) is 3. The number of nitrogens with one attached hydrogen (secondary N) is 1. The zero-order valence-corrected chi connectivity index (χ0v) is 10.1. The summed E-state index contributed by atoms with van der Waals surface area (Å²) in [5.74, 6) is 0. The maximum absolute atomic E-state index is 12.3. The Morgan fingerprint density at radius 2 is 2.07 bits per heavy atom. The van der Waals surface area contributed by atoms with Crippen molar-refractivity contribution >= 4 is 10.0 Å². The third-order valence-corrected chi connectivity index (χ3v) is 5.93. The Hall–Kier alpha value is -0.130. The van der Waals surface area contributed by atoms with E-state index in [0.717, 1.165) is 38.8 Å². The second-order valence-electron chi connectivity index (χ2n) is 4.62. The van der Waals surface area contributed by atoms with Crippen LogP contribution in [0.2, 0.25) is 0 Å². The first-order chi connectivity index (χ1) is 7.12. The molecule has 4 nitrogen and oxygen atoms in total. The molecule has 0 radical (unpaired) electrons. The summed E-state index contributed by atoms with van der Waals surface area (Å²) in [5.41, 5.74) is 0. The Morgan fingerprint density at radius 1 is 1.27 bits per heavy atom. The maximum atomic E-state index is 12.3. The van der Waals surface area contributed by atoms with Gasteiger partial charge in [0.15, 0.2) is 0 Å². The van der Waals surface area contributed by atoms with Gasteiger partial charge in [0.25, 0.3) is 0 Å². The van der Waals surface area contributed by atoms with Gasteiger partial charge in [0.1, 0.15) is 0 Å². The van der Waals surface area contributed by atoms with Gasteiger partial charge in [0.2, 0.25) is 10.0 Å². The van der Waals surface area contributed by atoms with Crippen molar-refractivity contribution in [3.63, 3.8) is 0 Å². The van der Waals surface area contributed by atoms with Crippen molar-refractivity contribution in [2.45, 2.75) is 43.9 Å². The van der Waals surface area contributed by atoms with E-state index in [1.54, 1.807) is 4.31 Å². The fourth-order valence-corrected chi connectivity index (χ4v) is 4.72. The predicted octanol–water partition coefficient (Wildman–Crippen LogP) is 0.553. The standard InChI is InChI=1S/C10H20N2O2S/c1-9-4-3-7-12(9)15(13,14)10-5-2-6-11-8-10/h9-11H,2-8H2,1H3. The molecule has 2 heterocycles. The Labute approximate surface area is 92.1 Å². The third kappa shape index (κ3) is 2.19. The number of sulfonamides is 1. The first-order valence-corrected chi connectivity index (χ1v) is 7.34. The fourth-order valence-electron chi connectivity index (χ4n) is 2.55. The summed E-state index contributed by atoms with van der Waals surface area (Å²) in [5, 5.41) is 2.99. The molecular weight excluding hydrogens is 212 g/mol. The minimum absolute atomic E-state index is 0.188. The van der Waals surface area contributed by atoms with E-state index in [9.17, 15) is 8.42 Å². The van der Waals surface area contributed by atoms with E-state index in [1.165, 1.54) is 0 Å². The van der Waals surface area contributed by atoms with Crippen molar-refractivity contribution in [3.8, 4) is 0 Å². The molecular formula is C10H20N2O2S. The lowest BCUT2D eigenvalue weighted by Gasteiger charge is -2.29. The van der Waals surface area contributed by atoms with Crippen LogP contribution in [0.1, 0.15) is 32.6 Å². The number of hydrogen-bond donors (Lipinski definition) is 1. The molecule has 2 saturated heterocycles. The van der Waals surface area contributed by atoms with Gasteiger partial charge in [0, 0.05) is 19.1 Å². The van der Waals surface area contributed by atoms with Crippen LogP contribution in [0.3, 0.4) is 0 Å². The molecule has 0 bridgehead atoms. The second kappa shape index (κ2) is 4.39. The molecule has 5 heteroatoms. The fraction of sp³-hybridized carbons (Fsp3) is 1.00. The average Bonchev–Trinajstić information content (AvgIpc) is 2.66. The highest BCUT2D eigenvalue weighted by molar-refractivity contribution is 7.89. The summed E-state index contributed by atoms with van der Waals surface area (Å²) in [7, 11) is -3.04. The van der Waals surface area contributed by atoms with Crippen molar-refractivity contribution in [3.05, 3.63) is 0 Å². The van der Waals surface area contributed by atoms with Gasteiger partial charge >= 0.3 is 0 Å². The Kier molecular flexibility index (Phi) is 3.33. The second-order valence-corrected chi connectivity index (χ2v) is 6.78. The van der Waals surface area contributed by atoms with Gasteiger partial charge in [-0.1, -0.05) is 0 Å². The highest BCUT2D eigenvalue weighted by Crippen LogP contribution is 2.25. The summed E-state index contributed by atoms with van der Waals surface area (Å²) >= 11 is 0. The number of rotatable bonds is 2. The molecule has 2 rings (SSSR count). The Morgan fingerprint density at radius 3 is 2.60 bits per heavy atom. The molecule has 2 fully saturated rings. The van der Waals surface area contributed by atoms with Crippen molar-refractivity contribution in [1.29, 1.82) is 0 Å². The van der Waals surface area contributed by atoms with Gasteiger partial charge in [-0.25, -0.2) is 8.42 Å². The molecule has 0 saturated carbocycles. The molecule has 0 aliphatic carbocycles. The van der Waals surface area contributed by atoms with Crippen LogP contribution in [0.4, 0.5) is 0 Å². The topological polar surface area (TPSA) is 49.4 Å². The molecule has 0 spiro atoms. The van der Waals surface area contributed by atoms with Crippen LogP contribution in [-0.4, -0.2) is 43.6 Å². The quantitative estimate of drug-likeness (QED) is 0.756. The molecule has 0 aromatic rings. The lowest BCUT2D eigenvalue weighted by Crippen LogP contribution is -2.47. The van der Waals surface area contributed by atoms with Crippen LogP contribution in [0.15, 0.2) is 0 Å². The number of nitrogens with zero attached hydrogens (tertiary/aromatic N) is 1. The maximum Gasteiger partial charge on any atom is 0.218 e. The third-order valence-electron chi connectivity index (χ3n) is 3.49. The van der Waals surface area contributed by atoms with Crippen molar-refractivity contribution in [1.82, 2.24) is 9.62 Å². The van der Waals surface area contributed by atoms with Crippen LogP contribution in [0, 0.1) is 0 Å². The summed E-state index contributed by atoms with van der Waals surface area (Å²) in [6.45, 7) is 4.33. The van der Waals surface area contributed by atoms with Crippen LogP contribution in [0.5, 0.6) is 0 Å². The summed E-state index contributed by atoms with van der Waals surface area (Å²) in [6, 6.07) is 0.205. The molecule has 2 unspecified atom stereocenters. The van der Waals surface area contributed by atoms with Crippen LogP contribution in [-0.2, 0) is 10.0 Å². The molecule has 2 aliphatic rings. The zero-order valence-electron chi connectivity index (χ0n) is 9.28. The van der Waals surface area contributed by atoms with Gasteiger partial charge in [-0.3, -0.25) is 0 Å². The van der Waals surface area contributed by atoms with Gasteiger partial charge < -0.3 is 5.32 Å². The highest BCUT2D eigenvalue weighted by Gasteiger charge is 2.37. The zero-order chi connectivity index (χ0) is 10.9. The van der Waals surface area contributed by atoms with Gasteiger partial charge in [-0.15, -0.1) is 0 Å². The van der Waals surface area contributed by atoms with E-state index in [4.69, 9.17) is 0 Å². The SMILES string of the molecule is CC1CCCN1S(=O)(=O)C1CCCNC1. The predicted molar refractivity (Wildman–Crippen MR) is 60.2 cm³/mol. The van der Waals surface area contributed by atoms with Crippen LogP contribution >= 0.6 is 0 Å². The average molecular weight is 232 g/mol. The molecule has 0 aromatic carbocycles. The first kappa shape index (κ1) is 11.4. The smallest absolute Gasteiger partial charge is 0.218 e. The molecule has 0 amide bonds. The molecule has 1 N–H and O–H groups in total. The largest absolute Gasteiger partial charge is 0.315 e. The molecule has 0 aromatic heterocycles. The van der Waals surface area contributed by atoms with Gasteiger partial charge in [-0.05, 0) is 39.2 Å². The molecule has 2 atom stereocenters. The van der Waals surface area contributed by atoms with Crippen molar-refractivity contribution < 1.29 is 8.42 Å². The summed E-state index contributed by atoms with van der Waals surface area (Å²) < 4.78 is 26.3. The van der Waals surface area contributed by atoms with Crippen molar-refractivity contribution in [2.75, 3.05) is 19.6 Å². The summed E-state index contributed by atoms with van der Waals surface area (Å²) in [6.07, 6.45) is 3.82.